The first-order valence-corrected chi connectivity index (χ1v) is 11.9. The zero-order valence-electron chi connectivity index (χ0n) is 20.6. The highest BCUT2D eigenvalue weighted by Gasteiger charge is 2.32. The van der Waals surface area contributed by atoms with Crippen LogP contribution < -0.4 is 5.32 Å². The molecule has 0 saturated heterocycles. The molecule has 7 nitrogen and oxygen atoms in total. The number of ether oxygens (including phenoxy) is 1. The van der Waals surface area contributed by atoms with Crippen LogP contribution in [0.1, 0.15) is 55.6 Å². The van der Waals surface area contributed by atoms with Crippen LogP contribution in [0.4, 0.5) is 5.69 Å². The first kappa shape index (κ1) is 24.1. The summed E-state index contributed by atoms with van der Waals surface area (Å²) in [7, 11) is 0. The van der Waals surface area contributed by atoms with Gasteiger partial charge < -0.3 is 10.1 Å². The molecule has 1 aromatic heterocycles. The molecular weight excluding hydrogens is 468 g/mol. The predicted molar refractivity (Wildman–Crippen MR) is 139 cm³/mol. The summed E-state index contributed by atoms with van der Waals surface area (Å²) in [6, 6.07) is 19.0. The summed E-state index contributed by atoms with van der Waals surface area (Å²) >= 11 is 0. The van der Waals surface area contributed by atoms with Gasteiger partial charge in [-0.25, -0.2) is 0 Å². The van der Waals surface area contributed by atoms with Gasteiger partial charge in [-0.05, 0) is 44.0 Å². The van der Waals surface area contributed by atoms with Crippen molar-refractivity contribution in [3.8, 4) is 0 Å². The number of pyridine rings is 1. The maximum absolute atomic E-state index is 13.2. The summed E-state index contributed by atoms with van der Waals surface area (Å²) in [5.74, 6) is -1.80. The Morgan fingerprint density at radius 1 is 0.865 bits per heavy atom. The van der Waals surface area contributed by atoms with E-state index >= 15 is 0 Å². The minimum Gasteiger partial charge on any atom is -0.452 e. The maximum Gasteiger partial charge on any atom is 0.311 e. The average Bonchev–Trinajstić information content (AvgIpc) is 2.89. The third-order valence-electron chi connectivity index (χ3n) is 6.69. The number of amides is 1. The molecule has 4 aromatic rings. The summed E-state index contributed by atoms with van der Waals surface area (Å²) in [5, 5.41) is 3.62. The van der Waals surface area contributed by atoms with Gasteiger partial charge in [0.2, 0.25) is 0 Å². The second-order valence-electron chi connectivity index (χ2n) is 9.05. The SMILES string of the molecule is Cc1nc2ccccc2c(C)c1CC(=O)O[C@@H](C)C(=O)Nc1cccc2c1C(=O)c1ccccc1C2=O. The van der Waals surface area contributed by atoms with Gasteiger partial charge >= 0.3 is 5.97 Å². The average molecular weight is 493 g/mol. The number of esters is 1. The molecule has 0 spiro atoms. The Kier molecular flexibility index (Phi) is 6.13. The van der Waals surface area contributed by atoms with Gasteiger partial charge in [-0.1, -0.05) is 54.6 Å². The van der Waals surface area contributed by atoms with Crippen LogP contribution in [0.15, 0.2) is 66.7 Å². The molecule has 5 rings (SSSR count). The minimum atomic E-state index is -1.13. The third-order valence-corrected chi connectivity index (χ3v) is 6.69. The van der Waals surface area contributed by atoms with Crippen molar-refractivity contribution in [2.45, 2.75) is 33.3 Å². The fourth-order valence-corrected chi connectivity index (χ4v) is 4.75. The van der Waals surface area contributed by atoms with Crippen molar-refractivity contribution in [1.82, 2.24) is 4.98 Å². The van der Waals surface area contributed by atoms with Crippen LogP contribution in [-0.2, 0) is 20.7 Å². The Morgan fingerprint density at radius 2 is 1.51 bits per heavy atom. The van der Waals surface area contributed by atoms with E-state index in [1.165, 1.54) is 6.92 Å². The first-order chi connectivity index (χ1) is 17.8. The maximum atomic E-state index is 13.2. The highest BCUT2D eigenvalue weighted by Crippen LogP contribution is 2.32. The van der Waals surface area contributed by atoms with E-state index in [0.29, 0.717) is 5.56 Å². The molecule has 0 fully saturated rings. The molecule has 0 unspecified atom stereocenters. The van der Waals surface area contributed by atoms with Gasteiger partial charge in [0.25, 0.3) is 5.91 Å². The number of aromatic nitrogens is 1. The molecule has 0 aliphatic heterocycles. The number of ketones is 2. The number of aryl methyl sites for hydroxylation is 2. The van der Waals surface area contributed by atoms with E-state index in [1.807, 2.05) is 38.1 Å². The number of anilines is 1. The van der Waals surface area contributed by atoms with Crippen molar-refractivity contribution in [3.63, 3.8) is 0 Å². The van der Waals surface area contributed by atoms with Gasteiger partial charge in [-0.15, -0.1) is 0 Å². The second-order valence-corrected chi connectivity index (χ2v) is 9.05. The molecule has 1 atom stereocenters. The lowest BCUT2D eigenvalue weighted by Gasteiger charge is -2.21. The summed E-state index contributed by atoms with van der Waals surface area (Å²) in [6.07, 6.45) is -1.16. The van der Waals surface area contributed by atoms with E-state index in [-0.39, 0.29) is 40.4 Å². The highest BCUT2D eigenvalue weighted by atomic mass is 16.5. The van der Waals surface area contributed by atoms with Gasteiger partial charge in [0.15, 0.2) is 17.7 Å². The molecule has 1 heterocycles. The fraction of sp³-hybridized carbons (Fsp3) is 0.167. The predicted octanol–water partition coefficient (Wildman–Crippen LogP) is 4.74. The molecule has 1 amide bonds. The monoisotopic (exact) mass is 492 g/mol. The van der Waals surface area contributed by atoms with Gasteiger partial charge in [0.1, 0.15) is 0 Å². The molecule has 1 aliphatic carbocycles. The number of nitrogens with one attached hydrogen (secondary N) is 1. The zero-order chi connectivity index (χ0) is 26.3. The summed E-state index contributed by atoms with van der Waals surface area (Å²) in [6.45, 7) is 5.24. The Bertz CT molecular complexity index is 1620. The van der Waals surface area contributed by atoms with Crippen LogP contribution in [-0.4, -0.2) is 34.5 Å². The number of para-hydroxylation sites is 1. The van der Waals surface area contributed by atoms with E-state index in [2.05, 4.69) is 10.3 Å². The molecule has 3 aromatic carbocycles. The smallest absolute Gasteiger partial charge is 0.311 e. The number of nitrogens with zero attached hydrogens (tertiary/aromatic N) is 1. The standard InChI is InChI=1S/C30H24N2O5/c1-16-19-9-6-7-13-24(19)31-17(2)23(16)15-26(33)37-18(3)30(36)32-25-14-8-12-22-27(25)29(35)21-11-5-4-10-20(21)28(22)34/h4-14,18H,15H2,1-3H3,(H,32,36)/t18-/m0/s1. The molecular formula is C30H24N2O5. The first-order valence-electron chi connectivity index (χ1n) is 11.9. The highest BCUT2D eigenvalue weighted by molar-refractivity contribution is 6.30. The summed E-state index contributed by atoms with van der Waals surface area (Å²) in [5.41, 5.74) is 4.45. The van der Waals surface area contributed by atoms with Gasteiger partial charge in [0, 0.05) is 27.8 Å². The van der Waals surface area contributed by atoms with E-state index < -0.39 is 18.0 Å². The lowest BCUT2D eigenvalue weighted by Crippen LogP contribution is -2.32. The third kappa shape index (κ3) is 4.29. The molecule has 1 aliphatic rings. The molecule has 184 valence electrons. The fourth-order valence-electron chi connectivity index (χ4n) is 4.75. The van der Waals surface area contributed by atoms with Crippen molar-refractivity contribution < 1.29 is 23.9 Å². The number of benzene rings is 3. The van der Waals surface area contributed by atoms with Gasteiger partial charge in [-0.2, -0.15) is 0 Å². The lowest BCUT2D eigenvalue weighted by molar-refractivity contribution is -0.152. The molecule has 7 heteroatoms. The number of rotatable bonds is 5. The molecule has 0 saturated carbocycles. The van der Waals surface area contributed by atoms with Crippen LogP contribution >= 0.6 is 0 Å². The summed E-state index contributed by atoms with van der Waals surface area (Å²) < 4.78 is 5.43. The summed E-state index contributed by atoms with van der Waals surface area (Å²) in [4.78, 5) is 56.4. The van der Waals surface area contributed by atoms with Crippen LogP contribution in [0.25, 0.3) is 10.9 Å². The lowest BCUT2D eigenvalue weighted by atomic mass is 9.83. The van der Waals surface area contributed by atoms with Crippen molar-refractivity contribution in [2.75, 3.05) is 5.32 Å². The topological polar surface area (TPSA) is 102 Å². The van der Waals surface area contributed by atoms with Crippen molar-refractivity contribution in [1.29, 1.82) is 0 Å². The number of carbonyl (C=O) groups is 4. The second kappa shape index (κ2) is 9.43. The number of fused-ring (bicyclic) bond motifs is 3. The van der Waals surface area contributed by atoms with E-state index in [9.17, 15) is 19.2 Å². The van der Waals surface area contributed by atoms with Crippen LogP contribution in [0.2, 0.25) is 0 Å². The number of carbonyl (C=O) groups excluding carboxylic acids is 4. The number of hydrogen-bond acceptors (Lipinski definition) is 6. The van der Waals surface area contributed by atoms with Crippen LogP contribution in [0.5, 0.6) is 0 Å². The minimum absolute atomic E-state index is 0.0301. The van der Waals surface area contributed by atoms with E-state index in [1.54, 1.807) is 42.5 Å². The molecule has 37 heavy (non-hydrogen) atoms. The zero-order valence-corrected chi connectivity index (χ0v) is 20.6. The van der Waals surface area contributed by atoms with E-state index in [4.69, 9.17) is 4.74 Å². The van der Waals surface area contributed by atoms with Gasteiger partial charge in [0.05, 0.1) is 23.2 Å². The van der Waals surface area contributed by atoms with E-state index in [0.717, 1.165) is 27.7 Å². The Morgan fingerprint density at radius 3 is 2.27 bits per heavy atom. The normalized spacial score (nSPS) is 13.1. The molecule has 0 radical (unpaired) electrons. The van der Waals surface area contributed by atoms with Crippen molar-refractivity contribution in [3.05, 3.63) is 106 Å². The number of hydrogen-bond donors (Lipinski definition) is 1. The largest absolute Gasteiger partial charge is 0.452 e. The Labute approximate surface area is 213 Å². The Balaban J connectivity index is 1.32. The van der Waals surface area contributed by atoms with Crippen LogP contribution in [0, 0.1) is 13.8 Å². The van der Waals surface area contributed by atoms with Crippen LogP contribution in [0.3, 0.4) is 0 Å². The molecule has 0 bridgehead atoms. The quantitative estimate of drug-likeness (QED) is 0.356. The van der Waals surface area contributed by atoms with Crippen molar-refractivity contribution >= 4 is 40.0 Å². The molecule has 1 N–H and O–H groups in total. The van der Waals surface area contributed by atoms with Crippen molar-refractivity contribution in [2.24, 2.45) is 0 Å². The Hall–Kier alpha value is -4.65. The van der Waals surface area contributed by atoms with Gasteiger partial charge in [-0.3, -0.25) is 24.2 Å².